The first-order chi connectivity index (χ1) is 7.16. The zero-order chi connectivity index (χ0) is 10.7. The molecule has 4 heteroatoms. The van der Waals surface area contributed by atoms with Crippen LogP contribution < -0.4 is 5.32 Å². The van der Waals surface area contributed by atoms with E-state index in [1.165, 1.54) is 0 Å². The Morgan fingerprint density at radius 3 is 2.60 bits per heavy atom. The molecule has 2 saturated heterocycles. The van der Waals surface area contributed by atoms with Gasteiger partial charge in [-0.25, -0.2) is 0 Å². The monoisotopic (exact) mass is 215 g/mol. The van der Waals surface area contributed by atoms with Crippen molar-refractivity contribution < 1.29 is 14.2 Å². The van der Waals surface area contributed by atoms with Crippen LogP contribution in [0.5, 0.6) is 0 Å². The Morgan fingerprint density at radius 2 is 2.00 bits per heavy atom. The second kappa shape index (κ2) is 4.78. The first-order valence-electron chi connectivity index (χ1n) is 5.79. The summed E-state index contributed by atoms with van der Waals surface area (Å²) in [6.07, 6.45) is 2.41. The lowest BCUT2D eigenvalue weighted by Crippen LogP contribution is -2.40. The molecule has 1 unspecified atom stereocenters. The van der Waals surface area contributed by atoms with E-state index in [2.05, 4.69) is 5.32 Å². The number of hydrogen-bond donors (Lipinski definition) is 1. The lowest BCUT2D eigenvalue weighted by Gasteiger charge is -2.24. The summed E-state index contributed by atoms with van der Waals surface area (Å²) < 4.78 is 16.5. The van der Waals surface area contributed by atoms with Gasteiger partial charge in [-0.05, 0) is 26.7 Å². The molecule has 0 amide bonds. The van der Waals surface area contributed by atoms with E-state index >= 15 is 0 Å². The Labute approximate surface area is 91.3 Å². The SMILES string of the molecule is CC1(C)OCC(CNC2CCOCC2)O1. The predicted octanol–water partition coefficient (Wildman–Crippen LogP) is 0.906. The highest BCUT2D eigenvalue weighted by atomic mass is 16.7. The van der Waals surface area contributed by atoms with Crippen LogP contribution in [0.3, 0.4) is 0 Å². The molecule has 15 heavy (non-hydrogen) atoms. The molecule has 0 aromatic rings. The van der Waals surface area contributed by atoms with Crippen LogP contribution in [-0.2, 0) is 14.2 Å². The summed E-state index contributed by atoms with van der Waals surface area (Å²) in [6.45, 7) is 7.26. The van der Waals surface area contributed by atoms with E-state index in [0.29, 0.717) is 12.6 Å². The van der Waals surface area contributed by atoms with Gasteiger partial charge in [0.05, 0.1) is 12.7 Å². The van der Waals surface area contributed by atoms with Crippen LogP contribution in [0.4, 0.5) is 0 Å². The fourth-order valence-corrected chi connectivity index (χ4v) is 2.06. The smallest absolute Gasteiger partial charge is 0.163 e. The summed E-state index contributed by atoms with van der Waals surface area (Å²) in [5, 5.41) is 3.52. The first kappa shape index (κ1) is 11.3. The molecule has 4 nitrogen and oxygen atoms in total. The molecule has 0 spiro atoms. The molecule has 0 aromatic heterocycles. The van der Waals surface area contributed by atoms with Crippen LogP contribution in [-0.4, -0.2) is 44.3 Å². The standard InChI is InChI=1S/C11H21NO3/c1-11(2)14-8-10(15-11)7-12-9-3-5-13-6-4-9/h9-10,12H,3-8H2,1-2H3. The van der Waals surface area contributed by atoms with Gasteiger partial charge in [-0.1, -0.05) is 0 Å². The lowest BCUT2D eigenvalue weighted by atomic mass is 10.1. The van der Waals surface area contributed by atoms with Gasteiger partial charge in [0.25, 0.3) is 0 Å². The minimum atomic E-state index is -0.401. The first-order valence-corrected chi connectivity index (χ1v) is 5.79. The van der Waals surface area contributed by atoms with Gasteiger partial charge >= 0.3 is 0 Å². The third-order valence-electron chi connectivity index (χ3n) is 2.92. The minimum Gasteiger partial charge on any atom is -0.381 e. The highest BCUT2D eigenvalue weighted by Gasteiger charge is 2.32. The molecule has 2 rings (SSSR count). The number of hydrogen-bond acceptors (Lipinski definition) is 4. The minimum absolute atomic E-state index is 0.197. The van der Waals surface area contributed by atoms with Crippen molar-refractivity contribution >= 4 is 0 Å². The van der Waals surface area contributed by atoms with E-state index in [0.717, 1.165) is 32.6 Å². The number of ether oxygens (including phenoxy) is 3. The zero-order valence-electron chi connectivity index (χ0n) is 9.62. The van der Waals surface area contributed by atoms with E-state index < -0.39 is 5.79 Å². The molecule has 0 aromatic carbocycles. The Balaban J connectivity index is 1.65. The fourth-order valence-electron chi connectivity index (χ4n) is 2.06. The summed E-state index contributed by atoms with van der Waals surface area (Å²) >= 11 is 0. The third-order valence-corrected chi connectivity index (χ3v) is 2.92. The maximum absolute atomic E-state index is 5.72. The van der Waals surface area contributed by atoms with Gasteiger partial charge in [0.1, 0.15) is 0 Å². The molecule has 88 valence electrons. The molecule has 2 heterocycles. The van der Waals surface area contributed by atoms with E-state index in [1.54, 1.807) is 0 Å². The van der Waals surface area contributed by atoms with Crippen molar-refractivity contribution in [3.63, 3.8) is 0 Å². The van der Waals surface area contributed by atoms with Crippen molar-refractivity contribution in [2.24, 2.45) is 0 Å². The highest BCUT2D eigenvalue weighted by Crippen LogP contribution is 2.21. The van der Waals surface area contributed by atoms with Crippen LogP contribution in [0, 0.1) is 0 Å². The van der Waals surface area contributed by atoms with Crippen LogP contribution in [0.2, 0.25) is 0 Å². The summed E-state index contributed by atoms with van der Waals surface area (Å²) in [4.78, 5) is 0. The largest absolute Gasteiger partial charge is 0.381 e. The van der Waals surface area contributed by atoms with E-state index in [-0.39, 0.29) is 6.10 Å². The molecule has 1 atom stereocenters. The van der Waals surface area contributed by atoms with Crippen LogP contribution in [0.25, 0.3) is 0 Å². The third kappa shape index (κ3) is 3.41. The van der Waals surface area contributed by atoms with E-state index in [1.807, 2.05) is 13.8 Å². The van der Waals surface area contributed by atoms with Gasteiger partial charge in [-0.15, -0.1) is 0 Å². The molecule has 2 fully saturated rings. The summed E-state index contributed by atoms with van der Waals surface area (Å²) in [6, 6.07) is 0.589. The molecular weight excluding hydrogens is 194 g/mol. The molecule has 0 saturated carbocycles. The molecule has 0 radical (unpaired) electrons. The maximum atomic E-state index is 5.72. The van der Waals surface area contributed by atoms with Crippen molar-refractivity contribution in [1.82, 2.24) is 5.32 Å². The fraction of sp³-hybridized carbons (Fsp3) is 1.00. The van der Waals surface area contributed by atoms with Gasteiger partial charge in [0, 0.05) is 25.8 Å². The number of nitrogens with one attached hydrogen (secondary N) is 1. The van der Waals surface area contributed by atoms with Crippen LogP contribution in [0.15, 0.2) is 0 Å². The normalized spacial score (nSPS) is 32.0. The highest BCUT2D eigenvalue weighted by molar-refractivity contribution is 4.76. The Kier molecular flexibility index (Phi) is 3.61. The second-order valence-corrected chi connectivity index (χ2v) is 4.75. The topological polar surface area (TPSA) is 39.7 Å². The van der Waals surface area contributed by atoms with Crippen molar-refractivity contribution in [3.8, 4) is 0 Å². The average Bonchev–Trinajstić information content (AvgIpc) is 2.57. The summed E-state index contributed by atoms with van der Waals surface area (Å²) in [7, 11) is 0. The van der Waals surface area contributed by atoms with Gasteiger partial charge in [-0.2, -0.15) is 0 Å². The Bertz CT molecular complexity index is 202. The molecule has 2 aliphatic heterocycles. The number of rotatable bonds is 3. The van der Waals surface area contributed by atoms with Crippen molar-refractivity contribution in [2.75, 3.05) is 26.4 Å². The zero-order valence-corrected chi connectivity index (χ0v) is 9.62. The second-order valence-electron chi connectivity index (χ2n) is 4.75. The van der Waals surface area contributed by atoms with Crippen LogP contribution in [0.1, 0.15) is 26.7 Å². The van der Waals surface area contributed by atoms with Crippen molar-refractivity contribution in [2.45, 2.75) is 44.6 Å². The molecular formula is C11H21NO3. The average molecular weight is 215 g/mol. The molecule has 1 N–H and O–H groups in total. The molecule has 0 bridgehead atoms. The van der Waals surface area contributed by atoms with Crippen molar-refractivity contribution in [3.05, 3.63) is 0 Å². The van der Waals surface area contributed by atoms with E-state index in [9.17, 15) is 0 Å². The maximum Gasteiger partial charge on any atom is 0.163 e. The Hall–Kier alpha value is -0.160. The van der Waals surface area contributed by atoms with Gasteiger partial charge in [-0.3, -0.25) is 0 Å². The lowest BCUT2D eigenvalue weighted by molar-refractivity contribution is -0.138. The van der Waals surface area contributed by atoms with Gasteiger partial charge < -0.3 is 19.5 Å². The molecule has 0 aliphatic carbocycles. The van der Waals surface area contributed by atoms with Gasteiger partial charge in [0.15, 0.2) is 5.79 Å². The van der Waals surface area contributed by atoms with Crippen LogP contribution >= 0.6 is 0 Å². The Morgan fingerprint density at radius 1 is 1.27 bits per heavy atom. The summed E-state index contributed by atoms with van der Waals surface area (Å²) in [5.74, 6) is -0.401. The summed E-state index contributed by atoms with van der Waals surface area (Å²) in [5.41, 5.74) is 0. The van der Waals surface area contributed by atoms with Crippen molar-refractivity contribution in [1.29, 1.82) is 0 Å². The predicted molar refractivity (Wildman–Crippen MR) is 56.7 cm³/mol. The van der Waals surface area contributed by atoms with E-state index in [4.69, 9.17) is 14.2 Å². The van der Waals surface area contributed by atoms with Gasteiger partial charge in [0.2, 0.25) is 0 Å². The quantitative estimate of drug-likeness (QED) is 0.759. The molecule has 2 aliphatic rings.